The maximum Gasteiger partial charge on any atom is 0.163 e. The first-order valence-electron chi connectivity index (χ1n) is 7.75. The second-order valence-electron chi connectivity index (χ2n) is 5.94. The highest BCUT2D eigenvalue weighted by Crippen LogP contribution is 2.22. The van der Waals surface area contributed by atoms with Crippen molar-refractivity contribution in [2.45, 2.75) is 5.75 Å². The van der Waals surface area contributed by atoms with Crippen molar-refractivity contribution >= 4 is 15.4 Å². The Bertz CT molecular complexity index is 1140. The minimum absolute atomic E-state index is 0.0384. The lowest BCUT2D eigenvalue weighted by atomic mass is 10.2. The molecule has 0 amide bonds. The first-order valence-corrected chi connectivity index (χ1v) is 9.81. The first kappa shape index (κ1) is 15.6. The third-order valence-electron chi connectivity index (χ3n) is 3.93. The van der Waals surface area contributed by atoms with E-state index in [2.05, 4.69) is 10.1 Å². The van der Waals surface area contributed by atoms with Gasteiger partial charge in [0.15, 0.2) is 15.7 Å². The first-order chi connectivity index (χ1) is 12.0. The van der Waals surface area contributed by atoms with Crippen LogP contribution in [0.4, 0.5) is 0 Å². The summed E-state index contributed by atoms with van der Waals surface area (Å²) in [7, 11) is -3.04. The SMILES string of the molecule is CS(=O)(=O)Cc1ccc(-n2ccnc2-c2cccc3ccnn23)cc1. The molecule has 0 saturated heterocycles. The summed E-state index contributed by atoms with van der Waals surface area (Å²) in [6.45, 7) is 0. The maximum absolute atomic E-state index is 11.4. The number of hydrogen-bond donors (Lipinski definition) is 0. The monoisotopic (exact) mass is 352 g/mol. The van der Waals surface area contributed by atoms with Crippen LogP contribution in [0.3, 0.4) is 0 Å². The molecule has 25 heavy (non-hydrogen) atoms. The quantitative estimate of drug-likeness (QED) is 0.566. The van der Waals surface area contributed by atoms with Crippen molar-refractivity contribution in [1.29, 1.82) is 0 Å². The van der Waals surface area contributed by atoms with Crippen LogP contribution < -0.4 is 0 Å². The molecule has 0 unspecified atom stereocenters. The van der Waals surface area contributed by atoms with Crippen molar-refractivity contribution in [2.24, 2.45) is 0 Å². The van der Waals surface area contributed by atoms with Gasteiger partial charge in [-0.3, -0.25) is 4.57 Å². The van der Waals surface area contributed by atoms with Gasteiger partial charge in [0, 0.05) is 24.3 Å². The van der Waals surface area contributed by atoms with E-state index in [4.69, 9.17) is 0 Å². The molecule has 0 bridgehead atoms. The van der Waals surface area contributed by atoms with Crippen LogP contribution in [-0.2, 0) is 15.6 Å². The van der Waals surface area contributed by atoms with E-state index >= 15 is 0 Å². The van der Waals surface area contributed by atoms with Crippen LogP contribution in [0.5, 0.6) is 0 Å². The van der Waals surface area contributed by atoms with Crippen LogP contribution in [0.2, 0.25) is 0 Å². The molecular weight excluding hydrogens is 336 g/mol. The number of rotatable bonds is 4. The Morgan fingerprint density at radius 2 is 1.80 bits per heavy atom. The summed E-state index contributed by atoms with van der Waals surface area (Å²) >= 11 is 0. The van der Waals surface area contributed by atoms with Crippen LogP contribution in [0, 0.1) is 0 Å². The molecule has 3 heterocycles. The van der Waals surface area contributed by atoms with Crippen molar-refractivity contribution in [3.63, 3.8) is 0 Å². The van der Waals surface area contributed by atoms with Gasteiger partial charge in [0.25, 0.3) is 0 Å². The van der Waals surface area contributed by atoms with Crippen molar-refractivity contribution in [3.05, 3.63) is 72.7 Å². The van der Waals surface area contributed by atoms with E-state index < -0.39 is 9.84 Å². The second-order valence-corrected chi connectivity index (χ2v) is 8.08. The Morgan fingerprint density at radius 1 is 1.00 bits per heavy atom. The predicted octanol–water partition coefficient (Wildman–Crippen LogP) is 2.73. The summed E-state index contributed by atoms with van der Waals surface area (Å²) in [5, 5.41) is 4.36. The molecule has 4 aromatic rings. The Morgan fingerprint density at radius 3 is 2.56 bits per heavy atom. The Labute approximate surface area is 145 Å². The highest BCUT2D eigenvalue weighted by atomic mass is 32.2. The molecule has 0 saturated carbocycles. The molecule has 3 aromatic heterocycles. The number of aromatic nitrogens is 4. The molecule has 0 aliphatic rings. The van der Waals surface area contributed by atoms with Crippen molar-refractivity contribution in [2.75, 3.05) is 6.26 Å². The molecule has 0 spiro atoms. The minimum atomic E-state index is -3.04. The molecule has 126 valence electrons. The van der Waals surface area contributed by atoms with E-state index in [1.54, 1.807) is 12.4 Å². The van der Waals surface area contributed by atoms with Gasteiger partial charge >= 0.3 is 0 Å². The summed E-state index contributed by atoms with van der Waals surface area (Å²) < 4.78 is 26.7. The molecule has 0 aliphatic heterocycles. The lowest BCUT2D eigenvalue weighted by molar-refractivity contribution is 0.601. The van der Waals surface area contributed by atoms with Crippen LogP contribution in [0.25, 0.3) is 22.7 Å². The van der Waals surface area contributed by atoms with Gasteiger partial charge < -0.3 is 0 Å². The molecule has 6 nitrogen and oxygen atoms in total. The molecule has 0 radical (unpaired) electrons. The maximum atomic E-state index is 11.4. The summed E-state index contributed by atoms with van der Waals surface area (Å²) in [6, 6.07) is 15.3. The Hall–Kier alpha value is -2.93. The lowest BCUT2D eigenvalue weighted by Gasteiger charge is -2.10. The molecule has 0 atom stereocenters. The summed E-state index contributed by atoms with van der Waals surface area (Å²) in [5.74, 6) is 0.807. The molecule has 0 fully saturated rings. The number of nitrogens with zero attached hydrogens (tertiary/aromatic N) is 4. The van der Waals surface area contributed by atoms with Gasteiger partial charge in [-0.2, -0.15) is 5.10 Å². The van der Waals surface area contributed by atoms with Gasteiger partial charge in [-0.1, -0.05) is 18.2 Å². The molecular formula is C18H16N4O2S. The smallest absolute Gasteiger partial charge is 0.163 e. The van der Waals surface area contributed by atoms with Crippen LogP contribution in [0.1, 0.15) is 5.56 Å². The summed E-state index contributed by atoms with van der Waals surface area (Å²) in [4.78, 5) is 4.48. The Kier molecular flexibility index (Phi) is 3.65. The molecule has 1 aromatic carbocycles. The fourth-order valence-electron chi connectivity index (χ4n) is 2.88. The van der Waals surface area contributed by atoms with Crippen molar-refractivity contribution in [1.82, 2.24) is 19.2 Å². The topological polar surface area (TPSA) is 69.3 Å². The van der Waals surface area contributed by atoms with E-state index in [0.717, 1.165) is 28.3 Å². The average molecular weight is 352 g/mol. The zero-order valence-electron chi connectivity index (χ0n) is 13.6. The van der Waals surface area contributed by atoms with Gasteiger partial charge in [-0.05, 0) is 35.9 Å². The third kappa shape index (κ3) is 3.06. The standard InChI is InChI=1S/C18H16N4O2S/c1-25(23,24)13-14-5-7-15(8-6-14)21-12-11-19-18(21)17-4-2-3-16-9-10-20-22(16)17/h2-12H,13H2,1H3. The number of pyridine rings is 1. The van der Waals surface area contributed by atoms with E-state index in [1.807, 2.05) is 63.8 Å². The number of imidazole rings is 1. The van der Waals surface area contributed by atoms with Gasteiger partial charge in [0.2, 0.25) is 0 Å². The lowest BCUT2D eigenvalue weighted by Crippen LogP contribution is -2.03. The highest BCUT2D eigenvalue weighted by molar-refractivity contribution is 7.89. The van der Waals surface area contributed by atoms with Gasteiger partial charge in [0.05, 0.1) is 17.5 Å². The number of sulfone groups is 1. The zero-order chi connectivity index (χ0) is 17.4. The number of hydrogen-bond acceptors (Lipinski definition) is 4. The van der Waals surface area contributed by atoms with Gasteiger partial charge in [-0.25, -0.2) is 17.9 Å². The van der Waals surface area contributed by atoms with Crippen LogP contribution in [-0.4, -0.2) is 33.8 Å². The van der Waals surface area contributed by atoms with E-state index in [9.17, 15) is 8.42 Å². The number of fused-ring (bicyclic) bond motifs is 1. The van der Waals surface area contributed by atoms with Crippen LogP contribution in [0.15, 0.2) is 67.1 Å². The average Bonchev–Trinajstić information content (AvgIpc) is 3.23. The molecule has 0 N–H and O–H groups in total. The van der Waals surface area contributed by atoms with Gasteiger partial charge in [-0.15, -0.1) is 0 Å². The molecule has 4 rings (SSSR count). The van der Waals surface area contributed by atoms with E-state index in [-0.39, 0.29) is 5.75 Å². The second kappa shape index (κ2) is 5.86. The Balaban J connectivity index is 1.76. The van der Waals surface area contributed by atoms with E-state index in [1.165, 1.54) is 6.26 Å². The number of benzene rings is 1. The fraction of sp³-hybridized carbons (Fsp3) is 0.111. The summed E-state index contributed by atoms with van der Waals surface area (Å²) in [5.41, 5.74) is 3.55. The third-order valence-corrected chi connectivity index (χ3v) is 4.79. The zero-order valence-corrected chi connectivity index (χ0v) is 14.4. The van der Waals surface area contributed by atoms with Crippen LogP contribution >= 0.6 is 0 Å². The highest BCUT2D eigenvalue weighted by Gasteiger charge is 2.12. The largest absolute Gasteiger partial charge is 0.299 e. The predicted molar refractivity (Wildman–Crippen MR) is 96.3 cm³/mol. The minimum Gasteiger partial charge on any atom is -0.299 e. The fourth-order valence-corrected chi connectivity index (χ4v) is 3.67. The van der Waals surface area contributed by atoms with E-state index in [0.29, 0.717) is 0 Å². The summed E-state index contributed by atoms with van der Waals surface area (Å²) in [6.07, 6.45) is 6.61. The molecule has 7 heteroatoms. The van der Waals surface area contributed by atoms with Crippen molar-refractivity contribution in [3.8, 4) is 17.2 Å². The van der Waals surface area contributed by atoms with Crippen molar-refractivity contribution < 1.29 is 8.42 Å². The van der Waals surface area contributed by atoms with Gasteiger partial charge in [0.1, 0.15) is 5.69 Å². The normalized spacial score (nSPS) is 11.9. The molecule has 0 aliphatic carbocycles.